The van der Waals surface area contributed by atoms with Crippen molar-refractivity contribution in [2.45, 2.75) is 44.6 Å². The van der Waals surface area contributed by atoms with Crippen LogP contribution in [0.3, 0.4) is 0 Å². The Balaban J connectivity index is 3.65. The van der Waals surface area contributed by atoms with Crippen LogP contribution in [-0.4, -0.2) is 46.0 Å². The van der Waals surface area contributed by atoms with E-state index in [4.69, 9.17) is 4.74 Å². The summed E-state index contributed by atoms with van der Waals surface area (Å²) in [6.45, 7) is 5.65. The molecule has 0 saturated carbocycles. The molecule has 4 nitrogen and oxygen atoms in total. The molecule has 90 valence electrons. The minimum Gasteiger partial charge on any atom is -0.466 e. The zero-order valence-corrected chi connectivity index (χ0v) is 10.3. The number of hydrogen-bond acceptors (Lipinski definition) is 5. The van der Waals surface area contributed by atoms with Gasteiger partial charge in [0, 0.05) is 11.0 Å². The van der Waals surface area contributed by atoms with E-state index in [0.717, 1.165) is 0 Å². The maximum Gasteiger partial charge on any atom is 0.308 e. The fourth-order valence-electron chi connectivity index (χ4n) is 0.873. The molecule has 3 unspecified atom stereocenters. The van der Waals surface area contributed by atoms with Gasteiger partial charge in [0.1, 0.15) is 0 Å². The Kier molecular flexibility index (Phi) is 7.82. The Bertz CT molecular complexity index is 184. The van der Waals surface area contributed by atoms with Gasteiger partial charge in [-0.25, -0.2) is 0 Å². The van der Waals surface area contributed by atoms with Crippen LogP contribution in [0.15, 0.2) is 0 Å². The van der Waals surface area contributed by atoms with Gasteiger partial charge in [-0.15, -0.1) is 0 Å². The molecule has 15 heavy (non-hydrogen) atoms. The molecule has 0 radical (unpaired) electrons. The Labute approximate surface area is 95.0 Å². The lowest BCUT2D eigenvalue weighted by molar-refractivity contribution is -0.144. The lowest BCUT2D eigenvalue weighted by Gasteiger charge is -2.16. The second kappa shape index (κ2) is 7.96. The van der Waals surface area contributed by atoms with E-state index < -0.39 is 12.2 Å². The normalized spacial score (nSPS) is 16.9. The Morgan fingerprint density at radius 3 is 2.47 bits per heavy atom. The van der Waals surface area contributed by atoms with Crippen LogP contribution in [-0.2, 0) is 9.53 Å². The third-order valence-corrected chi connectivity index (χ3v) is 3.44. The number of carbonyl (C=O) groups excluding carboxylic acids is 1. The van der Waals surface area contributed by atoms with Crippen LogP contribution in [0.1, 0.15) is 27.2 Å². The molecule has 0 aromatic rings. The Morgan fingerprint density at radius 1 is 1.40 bits per heavy atom. The van der Waals surface area contributed by atoms with Crippen LogP contribution in [0.5, 0.6) is 0 Å². The van der Waals surface area contributed by atoms with Gasteiger partial charge in [-0.05, 0) is 13.8 Å². The zero-order valence-electron chi connectivity index (χ0n) is 9.47. The first-order chi connectivity index (χ1) is 6.97. The molecule has 3 atom stereocenters. The maximum absolute atomic E-state index is 11.0. The highest BCUT2D eigenvalue weighted by molar-refractivity contribution is 7.99. The Hall–Kier alpha value is -0.260. The van der Waals surface area contributed by atoms with E-state index in [1.54, 1.807) is 13.8 Å². The summed E-state index contributed by atoms with van der Waals surface area (Å²) in [7, 11) is 0. The first-order valence-corrected chi connectivity index (χ1v) is 6.15. The SMILES string of the molecule is CCOC(=O)CC(O)CSC(C)C(C)O. The van der Waals surface area contributed by atoms with E-state index in [2.05, 4.69) is 0 Å². The molecule has 0 aromatic heterocycles. The molecule has 0 aliphatic heterocycles. The van der Waals surface area contributed by atoms with Gasteiger partial charge in [0.2, 0.25) is 0 Å². The average molecular weight is 236 g/mol. The summed E-state index contributed by atoms with van der Waals surface area (Å²) in [6, 6.07) is 0. The highest BCUT2D eigenvalue weighted by Crippen LogP contribution is 2.16. The van der Waals surface area contributed by atoms with Crippen molar-refractivity contribution in [2.24, 2.45) is 0 Å². The molecule has 0 spiro atoms. The quantitative estimate of drug-likeness (QED) is 0.640. The molecule has 5 heteroatoms. The molecule has 0 bridgehead atoms. The number of hydrogen-bond donors (Lipinski definition) is 2. The largest absolute Gasteiger partial charge is 0.466 e. The number of carbonyl (C=O) groups is 1. The van der Waals surface area contributed by atoms with Gasteiger partial charge in [0.25, 0.3) is 0 Å². The standard InChI is InChI=1S/C10H20O4S/c1-4-14-10(13)5-9(12)6-15-8(3)7(2)11/h7-9,11-12H,4-6H2,1-3H3. The van der Waals surface area contributed by atoms with Crippen molar-refractivity contribution >= 4 is 17.7 Å². The van der Waals surface area contributed by atoms with Crippen molar-refractivity contribution in [1.29, 1.82) is 0 Å². The number of rotatable bonds is 7. The van der Waals surface area contributed by atoms with Crippen LogP contribution in [0.4, 0.5) is 0 Å². The summed E-state index contributed by atoms with van der Waals surface area (Å²) in [5, 5.41) is 18.7. The third-order valence-electron chi connectivity index (χ3n) is 1.94. The van der Waals surface area contributed by atoms with Crippen molar-refractivity contribution in [2.75, 3.05) is 12.4 Å². The molecule has 0 rings (SSSR count). The van der Waals surface area contributed by atoms with Crippen molar-refractivity contribution in [3.8, 4) is 0 Å². The number of thioether (sulfide) groups is 1. The molecular formula is C10H20O4S. The van der Waals surface area contributed by atoms with Crippen LogP contribution < -0.4 is 0 Å². The maximum atomic E-state index is 11.0. The monoisotopic (exact) mass is 236 g/mol. The summed E-state index contributed by atoms with van der Waals surface area (Å²) in [4.78, 5) is 11.0. The molecule has 0 aliphatic rings. The second-order valence-electron chi connectivity index (χ2n) is 3.44. The van der Waals surface area contributed by atoms with E-state index in [0.29, 0.717) is 12.4 Å². The van der Waals surface area contributed by atoms with Crippen LogP contribution in [0.2, 0.25) is 0 Å². The van der Waals surface area contributed by atoms with Crippen LogP contribution in [0, 0.1) is 0 Å². The molecule has 0 aromatic carbocycles. The minimum atomic E-state index is -0.699. The fourth-order valence-corrected chi connectivity index (χ4v) is 1.80. The van der Waals surface area contributed by atoms with E-state index in [1.807, 2.05) is 6.92 Å². The number of ether oxygens (including phenoxy) is 1. The predicted octanol–water partition coefficient (Wildman–Crippen LogP) is 0.803. The lowest BCUT2D eigenvalue weighted by Crippen LogP contribution is -2.22. The molecule has 2 N–H and O–H groups in total. The Morgan fingerprint density at radius 2 is 2.00 bits per heavy atom. The van der Waals surface area contributed by atoms with Gasteiger partial charge in [-0.1, -0.05) is 6.92 Å². The summed E-state index contributed by atoms with van der Waals surface area (Å²) >= 11 is 1.44. The topological polar surface area (TPSA) is 66.8 Å². The number of esters is 1. The van der Waals surface area contributed by atoms with E-state index in [-0.39, 0.29) is 17.6 Å². The minimum absolute atomic E-state index is 0.0212. The number of aliphatic hydroxyl groups is 2. The summed E-state index contributed by atoms with van der Waals surface area (Å²) < 4.78 is 4.71. The molecule has 0 aliphatic carbocycles. The van der Waals surface area contributed by atoms with E-state index >= 15 is 0 Å². The first kappa shape index (κ1) is 14.7. The second-order valence-corrected chi connectivity index (χ2v) is 4.85. The van der Waals surface area contributed by atoms with Gasteiger partial charge >= 0.3 is 5.97 Å². The average Bonchev–Trinajstić information content (AvgIpc) is 2.14. The zero-order chi connectivity index (χ0) is 11.8. The van der Waals surface area contributed by atoms with E-state index in [1.165, 1.54) is 11.8 Å². The van der Waals surface area contributed by atoms with Gasteiger partial charge in [-0.2, -0.15) is 11.8 Å². The summed E-state index contributed by atoms with van der Waals surface area (Å²) in [6.07, 6.45) is -1.09. The number of aliphatic hydroxyl groups excluding tert-OH is 2. The highest BCUT2D eigenvalue weighted by Gasteiger charge is 2.15. The first-order valence-electron chi connectivity index (χ1n) is 5.10. The predicted molar refractivity (Wildman–Crippen MR) is 60.9 cm³/mol. The molecular weight excluding hydrogens is 216 g/mol. The fraction of sp³-hybridized carbons (Fsp3) is 0.900. The van der Waals surface area contributed by atoms with Crippen molar-refractivity contribution in [3.63, 3.8) is 0 Å². The van der Waals surface area contributed by atoms with Gasteiger partial charge < -0.3 is 14.9 Å². The van der Waals surface area contributed by atoms with Gasteiger partial charge in [0.05, 0.1) is 25.2 Å². The molecule has 0 heterocycles. The van der Waals surface area contributed by atoms with Crippen LogP contribution in [0.25, 0.3) is 0 Å². The third kappa shape index (κ3) is 7.64. The van der Waals surface area contributed by atoms with Crippen molar-refractivity contribution < 1.29 is 19.7 Å². The van der Waals surface area contributed by atoms with Crippen molar-refractivity contribution in [3.05, 3.63) is 0 Å². The van der Waals surface area contributed by atoms with Crippen LogP contribution >= 0.6 is 11.8 Å². The van der Waals surface area contributed by atoms with E-state index in [9.17, 15) is 15.0 Å². The molecule has 0 amide bonds. The molecule has 0 fully saturated rings. The molecule has 0 saturated heterocycles. The van der Waals surface area contributed by atoms with Gasteiger partial charge in [0.15, 0.2) is 0 Å². The lowest BCUT2D eigenvalue weighted by atomic mass is 10.3. The van der Waals surface area contributed by atoms with Crippen molar-refractivity contribution in [1.82, 2.24) is 0 Å². The van der Waals surface area contributed by atoms with Gasteiger partial charge in [-0.3, -0.25) is 4.79 Å². The smallest absolute Gasteiger partial charge is 0.308 e. The summed E-state index contributed by atoms with van der Waals surface area (Å²) in [5.74, 6) is 0.0560. The summed E-state index contributed by atoms with van der Waals surface area (Å²) in [5.41, 5.74) is 0. The highest BCUT2D eigenvalue weighted by atomic mass is 32.2.